The summed E-state index contributed by atoms with van der Waals surface area (Å²) >= 11 is 2.43. The largest absolute Gasteiger partial charge is 0.396 e. The summed E-state index contributed by atoms with van der Waals surface area (Å²) in [5.41, 5.74) is 0. The maximum Gasteiger partial charge on any atom is 0.396 e. The van der Waals surface area contributed by atoms with E-state index in [9.17, 15) is 13.7 Å². The fraction of sp³-hybridized carbons (Fsp3) is 0.833. The summed E-state index contributed by atoms with van der Waals surface area (Å²) in [6.07, 6.45) is 1.15. The monoisotopic (exact) mass is 230 g/mol. The molecule has 0 aromatic rings. The molecule has 0 rings (SSSR count). The van der Waals surface area contributed by atoms with Crippen molar-refractivity contribution >= 4 is 21.9 Å². The number of alkyl halides is 2. The number of halogens is 3. The van der Waals surface area contributed by atoms with Crippen LogP contribution in [0.25, 0.3) is 0 Å². The van der Waals surface area contributed by atoms with Gasteiger partial charge in [0.05, 0.1) is 0 Å². The van der Waals surface area contributed by atoms with Gasteiger partial charge in [0.15, 0.2) is 0 Å². The van der Waals surface area contributed by atoms with Crippen LogP contribution < -0.4 is 0 Å². The predicted octanol–water partition coefficient (Wildman–Crippen LogP) is 2.67. The molecule has 0 heterocycles. The predicted molar refractivity (Wildman–Crippen MR) is 39.5 cm³/mol. The zero-order chi connectivity index (χ0) is 8.91. The van der Waals surface area contributed by atoms with Gasteiger partial charge in [0.25, 0.3) is 4.58 Å². The molecule has 0 spiro atoms. The second-order valence-corrected chi connectivity index (χ2v) is 3.43. The number of unbranched alkanes of at least 4 members (excludes halogenated alkanes) is 1. The summed E-state index contributed by atoms with van der Waals surface area (Å²) < 4.78 is 21.7. The molecule has 66 valence electrons. The van der Waals surface area contributed by atoms with Crippen molar-refractivity contribution in [2.45, 2.75) is 30.8 Å². The van der Waals surface area contributed by atoms with Crippen molar-refractivity contribution in [2.24, 2.45) is 0 Å². The van der Waals surface area contributed by atoms with E-state index in [1.807, 2.05) is 6.92 Å². The Morgan fingerprint density at radius 3 is 2.64 bits per heavy atom. The van der Waals surface area contributed by atoms with Crippen molar-refractivity contribution in [1.82, 2.24) is 0 Å². The molecule has 1 atom stereocenters. The summed E-state index contributed by atoms with van der Waals surface area (Å²) in [7, 11) is 0. The highest BCUT2D eigenvalue weighted by atomic mass is 79.9. The minimum absolute atomic E-state index is 0.0771. The first-order chi connectivity index (χ1) is 5.04. The zero-order valence-electron chi connectivity index (χ0n) is 6.07. The fourth-order valence-electron chi connectivity index (χ4n) is 0.557. The normalized spacial score (nSPS) is 15.6. The average molecular weight is 231 g/mol. The van der Waals surface area contributed by atoms with E-state index in [-0.39, 0.29) is 6.42 Å². The highest BCUT2D eigenvalue weighted by molar-refractivity contribution is 9.10. The first kappa shape index (κ1) is 10.8. The molecule has 1 unspecified atom stereocenters. The smallest absolute Gasteiger partial charge is 0.250 e. The Hall–Kier alpha value is -0.190. The summed E-state index contributed by atoms with van der Waals surface area (Å²) in [4.78, 5) is 13.1. The molecule has 0 amide bonds. The average Bonchev–Trinajstić information content (AvgIpc) is 1.99. The summed E-state index contributed by atoms with van der Waals surface area (Å²) in [5, 5.41) is 0. The number of carbonyl (C=O) groups excluding carboxylic acids is 1. The molecule has 0 aliphatic carbocycles. The molecule has 0 fully saturated rings. The van der Waals surface area contributed by atoms with Crippen LogP contribution in [0.5, 0.6) is 0 Å². The molecule has 0 saturated carbocycles. The molecule has 2 nitrogen and oxygen atoms in total. The molecular weight excluding hydrogens is 222 g/mol. The van der Waals surface area contributed by atoms with Gasteiger partial charge in [-0.2, -0.15) is 0 Å². The number of carbonyl (C=O) groups is 1. The fourth-order valence-corrected chi connectivity index (χ4v) is 0.899. The van der Waals surface area contributed by atoms with Gasteiger partial charge in [-0.25, -0.2) is 9.18 Å². The Morgan fingerprint density at radius 1 is 1.73 bits per heavy atom. The van der Waals surface area contributed by atoms with Gasteiger partial charge in [0.1, 0.15) is 0 Å². The number of hydrogen-bond acceptors (Lipinski definition) is 2. The van der Waals surface area contributed by atoms with Crippen LogP contribution in [-0.4, -0.2) is 10.5 Å². The molecule has 11 heavy (non-hydrogen) atoms. The van der Waals surface area contributed by atoms with Crippen LogP contribution in [0, 0.1) is 0 Å². The maximum absolute atomic E-state index is 12.9. The lowest BCUT2D eigenvalue weighted by atomic mass is 10.2. The van der Waals surface area contributed by atoms with Crippen molar-refractivity contribution in [2.75, 3.05) is 0 Å². The molecule has 0 bridgehead atoms. The van der Waals surface area contributed by atoms with Gasteiger partial charge in [0, 0.05) is 10.9 Å². The Bertz CT molecular complexity index is 139. The molecule has 0 aliphatic heterocycles. The molecule has 0 aromatic carbocycles. The van der Waals surface area contributed by atoms with Gasteiger partial charge in [-0.1, -0.05) is 13.3 Å². The number of hydrogen-bond donors (Lipinski definition) is 0. The summed E-state index contributed by atoms with van der Waals surface area (Å²) in [6, 6.07) is 0. The zero-order valence-corrected chi connectivity index (χ0v) is 7.66. The maximum atomic E-state index is 12.9. The summed E-state index contributed by atoms with van der Waals surface area (Å²) in [5.74, 6) is -1.52. The van der Waals surface area contributed by atoms with Gasteiger partial charge >= 0.3 is 5.97 Å². The van der Waals surface area contributed by atoms with Crippen molar-refractivity contribution in [3.63, 3.8) is 0 Å². The van der Waals surface area contributed by atoms with E-state index in [2.05, 4.69) is 20.9 Å². The van der Waals surface area contributed by atoms with Crippen LogP contribution in [0.2, 0.25) is 0 Å². The lowest BCUT2D eigenvalue weighted by Crippen LogP contribution is -2.26. The first-order valence-corrected chi connectivity index (χ1v) is 4.04. The van der Waals surface area contributed by atoms with Crippen LogP contribution in [0.15, 0.2) is 0 Å². The van der Waals surface area contributed by atoms with E-state index >= 15 is 0 Å². The van der Waals surface area contributed by atoms with E-state index in [0.29, 0.717) is 6.42 Å². The van der Waals surface area contributed by atoms with Crippen molar-refractivity contribution in [1.29, 1.82) is 0 Å². The standard InChI is InChI=1S/C6H9BrF2O2/c1-2-3-4-6(7,8)5(10)11-9/h2-4H2,1H3. The summed E-state index contributed by atoms with van der Waals surface area (Å²) in [6.45, 7) is 1.84. The molecule has 0 saturated heterocycles. The minimum atomic E-state index is -2.36. The highest BCUT2D eigenvalue weighted by Crippen LogP contribution is 2.28. The van der Waals surface area contributed by atoms with Crippen LogP contribution >= 0.6 is 15.9 Å². The number of rotatable bonds is 4. The third-order valence-electron chi connectivity index (χ3n) is 1.21. The Labute approximate surface area is 71.9 Å². The van der Waals surface area contributed by atoms with Crippen LogP contribution in [0.4, 0.5) is 8.92 Å². The van der Waals surface area contributed by atoms with Gasteiger partial charge in [0.2, 0.25) is 0 Å². The van der Waals surface area contributed by atoms with E-state index in [0.717, 1.165) is 6.42 Å². The Kier molecular flexibility index (Phi) is 4.56. The van der Waals surface area contributed by atoms with Crippen LogP contribution in [0.1, 0.15) is 26.2 Å². The van der Waals surface area contributed by atoms with Crippen molar-refractivity contribution < 1.29 is 18.7 Å². The lowest BCUT2D eigenvalue weighted by molar-refractivity contribution is -0.192. The van der Waals surface area contributed by atoms with Crippen LogP contribution in [0.3, 0.4) is 0 Å². The minimum Gasteiger partial charge on any atom is -0.250 e. The van der Waals surface area contributed by atoms with Gasteiger partial charge in [-0.05, 0) is 22.4 Å². The molecule has 0 aliphatic rings. The van der Waals surface area contributed by atoms with E-state index in [1.54, 1.807) is 0 Å². The SMILES string of the molecule is CCCCC(F)(Br)C(=O)OF. The molecule has 0 aromatic heterocycles. The van der Waals surface area contributed by atoms with E-state index < -0.39 is 10.5 Å². The highest BCUT2D eigenvalue weighted by Gasteiger charge is 2.37. The lowest BCUT2D eigenvalue weighted by Gasteiger charge is -2.11. The van der Waals surface area contributed by atoms with Crippen LogP contribution in [-0.2, 0) is 9.74 Å². The second-order valence-electron chi connectivity index (χ2n) is 2.17. The molecule has 5 heteroatoms. The van der Waals surface area contributed by atoms with Crippen molar-refractivity contribution in [3.8, 4) is 0 Å². The van der Waals surface area contributed by atoms with Crippen molar-refractivity contribution in [3.05, 3.63) is 0 Å². The second kappa shape index (κ2) is 4.64. The van der Waals surface area contributed by atoms with Gasteiger partial charge in [-0.15, -0.1) is 0 Å². The molecule has 0 radical (unpaired) electrons. The Morgan fingerprint density at radius 2 is 2.27 bits per heavy atom. The molecular formula is C6H9BrF2O2. The van der Waals surface area contributed by atoms with E-state index in [1.165, 1.54) is 0 Å². The molecule has 0 N–H and O–H groups in total. The van der Waals surface area contributed by atoms with Gasteiger partial charge < -0.3 is 0 Å². The Balaban J connectivity index is 3.88. The van der Waals surface area contributed by atoms with Gasteiger partial charge in [-0.3, -0.25) is 4.94 Å². The third-order valence-corrected chi connectivity index (χ3v) is 1.93. The first-order valence-electron chi connectivity index (χ1n) is 3.25. The quantitative estimate of drug-likeness (QED) is 0.695. The topological polar surface area (TPSA) is 26.3 Å². The third kappa shape index (κ3) is 3.65. The van der Waals surface area contributed by atoms with E-state index in [4.69, 9.17) is 0 Å².